The van der Waals surface area contributed by atoms with Crippen LogP contribution in [0.2, 0.25) is 0 Å². The molecule has 0 saturated heterocycles. The minimum Gasteiger partial charge on any atom is -0.496 e. The van der Waals surface area contributed by atoms with Crippen molar-refractivity contribution in [2.75, 3.05) is 38.4 Å². The standard InChI is InChI=1S/C25H28N8O3S2/c1-16-9-10-20(19(13-16)22(34)18-7-5-6-8-21(18)36-4)27-23(35)28-24-26-14-17(38-24)15-37-25-29-30-31-33(25)12-11-32(2)3/h5-10,13-14H,11-12,15H2,1-4H3,(H2,26,27,28,35). The highest BCUT2D eigenvalue weighted by Gasteiger charge is 2.19. The van der Waals surface area contributed by atoms with Gasteiger partial charge in [-0.1, -0.05) is 35.5 Å². The Hall–Kier alpha value is -3.81. The van der Waals surface area contributed by atoms with Crippen molar-refractivity contribution in [2.45, 2.75) is 24.4 Å². The van der Waals surface area contributed by atoms with Crippen LogP contribution >= 0.6 is 23.1 Å². The summed E-state index contributed by atoms with van der Waals surface area (Å²) in [4.78, 5) is 33.4. The van der Waals surface area contributed by atoms with E-state index in [0.717, 1.165) is 22.1 Å². The number of urea groups is 1. The Bertz CT molecular complexity index is 1420. The van der Waals surface area contributed by atoms with Crippen molar-refractivity contribution in [3.8, 4) is 5.75 Å². The fourth-order valence-corrected chi connectivity index (χ4v) is 5.22. The molecule has 2 aromatic carbocycles. The number of thiazole rings is 1. The molecule has 0 fully saturated rings. The number of tetrazole rings is 1. The second kappa shape index (κ2) is 12.6. The van der Waals surface area contributed by atoms with Crippen molar-refractivity contribution in [3.63, 3.8) is 0 Å². The first-order valence-electron chi connectivity index (χ1n) is 11.7. The fraction of sp³-hybridized carbons (Fsp3) is 0.280. The maximum absolute atomic E-state index is 13.3. The molecule has 38 heavy (non-hydrogen) atoms. The average Bonchev–Trinajstić information content (AvgIpc) is 3.55. The Labute approximate surface area is 228 Å². The minimum atomic E-state index is -0.496. The number of aromatic nitrogens is 5. The first-order chi connectivity index (χ1) is 18.3. The number of benzene rings is 2. The number of carbonyl (C=O) groups is 2. The molecule has 0 aliphatic carbocycles. The SMILES string of the molecule is COc1ccccc1C(=O)c1cc(C)ccc1NC(=O)Nc1ncc(CSc2nnnn2CCN(C)C)s1. The summed E-state index contributed by atoms with van der Waals surface area (Å²) < 4.78 is 7.12. The van der Waals surface area contributed by atoms with Gasteiger partial charge in [0.2, 0.25) is 5.16 Å². The van der Waals surface area contributed by atoms with Crippen LogP contribution in [0.25, 0.3) is 0 Å². The van der Waals surface area contributed by atoms with Crippen LogP contribution in [0.3, 0.4) is 0 Å². The van der Waals surface area contributed by atoms with Crippen molar-refractivity contribution in [1.29, 1.82) is 0 Å². The molecule has 0 unspecified atom stereocenters. The number of para-hydroxylation sites is 1. The van der Waals surface area contributed by atoms with Gasteiger partial charge in [-0.2, -0.15) is 0 Å². The second-order valence-electron chi connectivity index (χ2n) is 8.57. The lowest BCUT2D eigenvalue weighted by Crippen LogP contribution is -2.21. The summed E-state index contributed by atoms with van der Waals surface area (Å²) in [5.41, 5.74) is 2.07. The van der Waals surface area contributed by atoms with Gasteiger partial charge in [-0.05, 0) is 55.7 Å². The average molecular weight is 553 g/mol. The summed E-state index contributed by atoms with van der Waals surface area (Å²) in [5, 5.41) is 18.6. The molecule has 0 saturated carbocycles. The predicted molar refractivity (Wildman–Crippen MR) is 148 cm³/mol. The number of nitrogens with one attached hydrogen (secondary N) is 2. The zero-order chi connectivity index (χ0) is 27.1. The lowest BCUT2D eigenvalue weighted by Gasteiger charge is -2.13. The van der Waals surface area contributed by atoms with Crippen molar-refractivity contribution >= 4 is 45.7 Å². The van der Waals surface area contributed by atoms with Gasteiger partial charge in [0.1, 0.15) is 5.75 Å². The number of thioether (sulfide) groups is 1. The van der Waals surface area contributed by atoms with Crippen LogP contribution in [0.1, 0.15) is 26.4 Å². The van der Waals surface area contributed by atoms with Crippen molar-refractivity contribution in [3.05, 3.63) is 70.2 Å². The third-order valence-corrected chi connectivity index (χ3v) is 7.50. The van der Waals surface area contributed by atoms with Crippen LogP contribution < -0.4 is 15.4 Å². The Morgan fingerprint density at radius 3 is 2.74 bits per heavy atom. The quantitative estimate of drug-likeness (QED) is 0.208. The van der Waals surface area contributed by atoms with E-state index in [0.29, 0.717) is 40.0 Å². The third kappa shape index (κ3) is 6.94. The van der Waals surface area contributed by atoms with E-state index in [1.807, 2.05) is 27.1 Å². The molecule has 13 heteroatoms. The maximum atomic E-state index is 13.3. The topological polar surface area (TPSA) is 127 Å². The van der Waals surface area contributed by atoms with Crippen LogP contribution in [0.5, 0.6) is 5.75 Å². The number of methoxy groups -OCH3 is 1. The first-order valence-corrected chi connectivity index (χ1v) is 13.5. The predicted octanol–water partition coefficient (Wildman–Crippen LogP) is 4.18. The highest BCUT2D eigenvalue weighted by atomic mass is 32.2. The molecule has 4 rings (SSSR count). The largest absolute Gasteiger partial charge is 0.496 e. The Morgan fingerprint density at radius 2 is 1.95 bits per heavy atom. The maximum Gasteiger partial charge on any atom is 0.325 e. The summed E-state index contributed by atoms with van der Waals surface area (Å²) in [6.07, 6.45) is 1.71. The highest BCUT2D eigenvalue weighted by Crippen LogP contribution is 2.28. The number of nitrogens with zero attached hydrogens (tertiary/aromatic N) is 6. The summed E-state index contributed by atoms with van der Waals surface area (Å²) in [7, 11) is 5.51. The molecule has 0 spiro atoms. The number of hydrogen-bond acceptors (Lipinski definition) is 10. The van der Waals surface area contributed by atoms with Crippen molar-refractivity contribution < 1.29 is 14.3 Å². The van der Waals surface area contributed by atoms with Crippen molar-refractivity contribution in [1.82, 2.24) is 30.1 Å². The molecule has 0 aliphatic rings. The van der Waals surface area contributed by atoms with E-state index in [4.69, 9.17) is 4.74 Å². The molecule has 198 valence electrons. The molecule has 4 aromatic rings. The number of amides is 2. The lowest BCUT2D eigenvalue weighted by molar-refractivity contribution is 0.103. The Morgan fingerprint density at radius 1 is 1.13 bits per heavy atom. The van der Waals surface area contributed by atoms with Gasteiger partial charge < -0.3 is 15.0 Å². The second-order valence-corrected chi connectivity index (χ2v) is 10.6. The van der Waals surface area contributed by atoms with Crippen LogP contribution in [-0.4, -0.2) is 69.7 Å². The summed E-state index contributed by atoms with van der Waals surface area (Å²) in [5.74, 6) is 0.830. The van der Waals surface area contributed by atoms with E-state index in [-0.39, 0.29) is 5.78 Å². The number of ether oxygens (including phenoxy) is 1. The molecule has 0 atom stereocenters. The zero-order valence-corrected chi connectivity index (χ0v) is 23.1. The Balaban J connectivity index is 1.39. The van der Waals surface area contributed by atoms with Gasteiger partial charge in [0.15, 0.2) is 10.9 Å². The lowest BCUT2D eigenvalue weighted by atomic mass is 9.99. The molecule has 0 aliphatic heterocycles. The molecule has 2 amide bonds. The van der Waals surface area contributed by atoms with Crippen LogP contribution in [0, 0.1) is 6.92 Å². The van der Waals surface area contributed by atoms with E-state index in [9.17, 15) is 9.59 Å². The number of likely N-dealkylation sites (N-methyl/N-ethyl adjacent to an activating group) is 1. The zero-order valence-electron chi connectivity index (χ0n) is 21.5. The third-order valence-electron chi connectivity index (χ3n) is 5.40. The number of ketones is 1. The van der Waals surface area contributed by atoms with Gasteiger partial charge in [-0.25, -0.2) is 14.5 Å². The fourth-order valence-electron chi connectivity index (χ4n) is 3.49. The normalized spacial score (nSPS) is 11.0. The molecule has 2 heterocycles. The summed E-state index contributed by atoms with van der Waals surface area (Å²) in [6, 6.07) is 11.8. The molecule has 2 aromatic heterocycles. The first kappa shape index (κ1) is 27.2. The number of rotatable bonds is 11. The summed E-state index contributed by atoms with van der Waals surface area (Å²) in [6.45, 7) is 3.41. The van der Waals surface area contributed by atoms with Crippen LogP contribution in [0.15, 0.2) is 53.8 Å². The van der Waals surface area contributed by atoms with Crippen LogP contribution in [0.4, 0.5) is 15.6 Å². The van der Waals surface area contributed by atoms with Gasteiger partial charge in [-0.15, -0.1) is 16.4 Å². The van der Waals surface area contributed by atoms with Gasteiger partial charge in [0, 0.05) is 28.9 Å². The highest BCUT2D eigenvalue weighted by molar-refractivity contribution is 7.98. The van der Waals surface area contributed by atoms with Gasteiger partial charge >= 0.3 is 6.03 Å². The van der Waals surface area contributed by atoms with E-state index >= 15 is 0 Å². The van der Waals surface area contributed by atoms with Gasteiger partial charge in [0.05, 0.1) is 24.9 Å². The number of carbonyl (C=O) groups excluding carboxylic acids is 2. The van der Waals surface area contributed by atoms with Crippen molar-refractivity contribution in [2.24, 2.45) is 0 Å². The molecular formula is C25H28N8O3S2. The monoisotopic (exact) mass is 552 g/mol. The smallest absolute Gasteiger partial charge is 0.325 e. The number of hydrogen-bond donors (Lipinski definition) is 2. The summed E-state index contributed by atoms with van der Waals surface area (Å²) >= 11 is 2.86. The Kier molecular flexibility index (Phi) is 9.05. The molecule has 11 nitrogen and oxygen atoms in total. The number of anilines is 2. The van der Waals surface area contributed by atoms with E-state index in [1.54, 1.807) is 47.3 Å². The van der Waals surface area contributed by atoms with Crippen LogP contribution in [-0.2, 0) is 12.3 Å². The molecule has 0 radical (unpaired) electrons. The van der Waals surface area contributed by atoms with Gasteiger partial charge in [-0.3, -0.25) is 10.1 Å². The molecular weight excluding hydrogens is 524 g/mol. The van der Waals surface area contributed by atoms with E-state index < -0.39 is 6.03 Å². The van der Waals surface area contributed by atoms with Gasteiger partial charge in [0.25, 0.3) is 0 Å². The molecule has 2 N–H and O–H groups in total. The van der Waals surface area contributed by atoms with E-state index in [2.05, 4.69) is 36.0 Å². The number of aryl methyl sites for hydroxylation is 1. The van der Waals surface area contributed by atoms with E-state index in [1.165, 1.54) is 30.2 Å². The minimum absolute atomic E-state index is 0.247. The molecule has 0 bridgehead atoms.